The van der Waals surface area contributed by atoms with Crippen molar-refractivity contribution in [3.8, 4) is 0 Å². The van der Waals surface area contributed by atoms with Gasteiger partial charge in [-0.2, -0.15) is 13.2 Å². The Hall–Kier alpha value is -2.99. The Bertz CT molecular complexity index is 864. The first kappa shape index (κ1) is 30.0. The molecule has 196 valence electrons. The topological polar surface area (TPSA) is 104 Å². The average molecular weight is 502 g/mol. The lowest BCUT2D eigenvalue weighted by Crippen LogP contribution is -2.40. The molecule has 0 aliphatic heterocycles. The molecule has 0 radical (unpaired) electrons. The summed E-state index contributed by atoms with van der Waals surface area (Å²) >= 11 is 0. The first-order chi connectivity index (χ1) is 16.3. The molecule has 1 rings (SSSR count). The van der Waals surface area contributed by atoms with Crippen LogP contribution in [0.15, 0.2) is 31.0 Å². The van der Waals surface area contributed by atoms with E-state index in [1.807, 2.05) is 25.9 Å². The van der Waals surface area contributed by atoms with Gasteiger partial charge in [-0.15, -0.1) is 0 Å². The normalized spacial score (nSPS) is 13.1. The van der Waals surface area contributed by atoms with Crippen LogP contribution in [0.4, 0.5) is 13.2 Å². The Morgan fingerprint density at radius 2 is 1.89 bits per heavy atom. The summed E-state index contributed by atoms with van der Waals surface area (Å²) in [6.07, 6.45) is -2.39. The second kappa shape index (κ2) is 14.4. The van der Waals surface area contributed by atoms with E-state index >= 15 is 0 Å². The Labute approximate surface area is 203 Å². The highest BCUT2D eigenvalue weighted by Crippen LogP contribution is 2.18. The van der Waals surface area contributed by atoms with Crippen molar-refractivity contribution in [2.75, 3.05) is 40.8 Å². The van der Waals surface area contributed by atoms with Crippen LogP contribution in [0.1, 0.15) is 35.8 Å². The molecule has 0 aromatic carbocycles. The van der Waals surface area contributed by atoms with E-state index in [9.17, 15) is 27.6 Å². The molecule has 2 unspecified atom stereocenters. The second-order valence-electron chi connectivity index (χ2n) is 8.39. The molecule has 0 spiro atoms. The van der Waals surface area contributed by atoms with Crippen LogP contribution in [0.2, 0.25) is 0 Å². The maximum atomic E-state index is 12.5. The van der Waals surface area contributed by atoms with Crippen LogP contribution in [-0.2, 0) is 20.9 Å². The Morgan fingerprint density at radius 1 is 1.20 bits per heavy atom. The van der Waals surface area contributed by atoms with E-state index in [1.165, 1.54) is 24.4 Å². The Morgan fingerprint density at radius 3 is 2.49 bits per heavy atom. The van der Waals surface area contributed by atoms with E-state index in [0.29, 0.717) is 10.6 Å². The zero-order chi connectivity index (χ0) is 26.6. The van der Waals surface area contributed by atoms with Crippen molar-refractivity contribution < 1.29 is 32.3 Å². The third-order valence-electron chi connectivity index (χ3n) is 4.92. The molecule has 12 heteroatoms. The number of carbonyl (C=O) groups excluding carboxylic acids is 3. The molecule has 9 nitrogen and oxygen atoms in total. The number of rotatable bonds is 14. The number of esters is 1. The molecule has 0 aliphatic rings. The summed E-state index contributed by atoms with van der Waals surface area (Å²) in [4.78, 5) is 42.4. The minimum Gasteiger partial charge on any atom is -0.454 e. The van der Waals surface area contributed by atoms with Crippen LogP contribution < -0.4 is 10.6 Å². The second-order valence-corrected chi connectivity index (χ2v) is 8.39. The Kier molecular flexibility index (Phi) is 12.4. The van der Waals surface area contributed by atoms with E-state index in [1.54, 1.807) is 0 Å². The van der Waals surface area contributed by atoms with Crippen molar-refractivity contribution >= 4 is 17.8 Å². The van der Waals surface area contributed by atoms with Gasteiger partial charge in [-0.3, -0.25) is 14.6 Å². The lowest BCUT2D eigenvalue weighted by molar-refractivity contribution is -0.184. The van der Waals surface area contributed by atoms with Gasteiger partial charge in [0.1, 0.15) is 6.10 Å². The van der Waals surface area contributed by atoms with Crippen LogP contribution in [0.3, 0.4) is 0 Å². The van der Waals surface area contributed by atoms with Crippen molar-refractivity contribution in [3.05, 3.63) is 42.2 Å². The van der Waals surface area contributed by atoms with Gasteiger partial charge in [0.05, 0.1) is 17.8 Å². The highest BCUT2D eigenvalue weighted by atomic mass is 19.4. The molecule has 1 aromatic heterocycles. The molecule has 1 aromatic rings. The third-order valence-corrected chi connectivity index (χ3v) is 4.92. The molecule has 2 amide bonds. The number of aromatic nitrogens is 1. The van der Waals surface area contributed by atoms with Gasteiger partial charge < -0.3 is 25.2 Å². The number of hydrogen-bond donors (Lipinski definition) is 2. The van der Waals surface area contributed by atoms with Gasteiger partial charge in [-0.1, -0.05) is 12.7 Å². The first-order valence-electron chi connectivity index (χ1n) is 11.1. The number of nitrogens with one attached hydrogen (secondary N) is 2. The molecule has 2 N–H and O–H groups in total. The number of carbonyl (C=O) groups is 3. The summed E-state index contributed by atoms with van der Waals surface area (Å²) in [6.45, 7) is 6.35. The van der Waals surface area contributed by atoms with Crippen molar-refractivity contribution in [2.45, 2.75) is 44.6 Å². The zero-order valence-electron chi connectivity index (χ0n) is 20.5. The van der Waals surface area contributed by atoms with Gasteiger partial charge in [-0.05, 0) is 46.1 Å². The highest BCUT2D eigenvalue weighted by Gasteiger charge is 2.41. The number of hydrogen-bond acceptors (Lipinski definition) is 7. The van der Waals surface area contributed by atoms with E-state index < -0.39 is 24.2 Å². The van der Waals surface area contributed by atoms with Crippen LogP contribution in [0.5, 0.6) is 0 Å². The van der Waals surface area contributed by atoms with Crippen molar-refractivity contribution in [2.24, 2.45) is 0 Å². The van der Waals surface area contributed by atoms with E-state index in [4.69, 9.17) is 4.74 Å². The van der Waals surface area contributed by atoms with Crippen LogP contribution in [0, 0.1) is 0 Å². The van der Waals surface area contributed by atoms with Gasteiger partial charge in [0, 0.05) is 38.8 Å². The van der Waals surface area contributed by atoms with Gasteiger partial charge >= 0.3 is 18.1 Å². The zero-order valence-corrected chi connectivity index (χ0v) is 20.5. The number of halogens is 3. The summed E-state index contributed by atoms with van der Waals surface area (Å²) in [5.41, 5.74) is 0.684. The van der Waals surface area contributed by atoms with E-state index in [0.717, 1.165) is 20.0 Å². The number of pyridine rings is 1. The van der Waals surface area contributed by atoms with Gasteiger partial charge in [0.2, 0.25) is 5.91 Å². The maximum absolute atomic E-state index is 12.5. The van der Waals surface area contributed by atoms with Crippen molar-refractivity contribution in [1.82, 2.24) is 25.4 Å². The summed E-state index contributed by atoms with van der Waals surface area (Å²) in [5.74, 6) is -2.85. The maximum Gasteiger partial charge on any atom is 0.471 e. The average Bonchev–Trinajstić information content (AvgIpc) is 2.79. The summed E-state index contributed by atoms with van der Waals surface area (Å²) in [5, 5.41) is 5.86. The molecule has 0 bridgehead atoms. The Balaban J connectivity index is 2.53. The largest absolute Gasteiger partial charge is 0.471 e. The molecular formula is C23H34F3N5O4. The fourth-order valence-corrected chi connectivity index (χ4v) is 2.93. The molecule has 1 heterocycles. The molecule has 35 heavy (non-hydrogen) atoms. The first-order valence-corrected chi connectivity index (χ1v) is 11.1. The fourth-order valence-electron chi connectivity index (χ4n) is 2.93. The smallest absolute Gasteiger partial charge is 0.454 e. The summed E-state index contributed by atoms with van der Waals surface area (Å²) in [6, 6.07) is 2.96. The fraction of sp³-hybridized carbons (Fsp3) is 0.565. The van der Waals surface area contributed by atoms with Crippen molar-refractivity contribution in [1.29, 1.82) is 0 Å². The highest BCUT2D eigenvalue weighted by molar-refractivity contribution is 5.89. The van der Waals surface area contributed by atoms with Gasteiger partial charge in [0.15, 0.2) is 0 Å². The van der Waals surface area contributed by atoms with E-state index in [2.05, 4.69) is 22.2 Å². The molecule has 0 fully saturated rings. The monoisotopic (exact) mass is 501 g/mol. The minimum atomic E-state index is -4.97. The van der Waals surface area contributed by atoms with Gasteiger partial charge in [-0.25, -0.2) is 4.79 Å². The molecule has 2 atom stereocenters. The predicted octanol–water partition coefficient (Wildman–Crippen LogP) is 1.75. The molecule has 0 aliphatic carbocycles. The van der Waals surface area contributed by atoms with Crippen LogP contribution in [-0.4, -0.2) is 91.7 Å². The number of alkyl halides is 3. The van der Waals surface area contributed by atoms with Crippen LogP contribution in [0.25, 0.3) is 0 Å². The predicted molar refractivity (Wildman–Crippen MR) is 124 cm³/mol. The summed E-state index contributed by atoms with van der Waals surface area (Å²) < 4.78 is 42.8. The minimum absolute atomic E-state index is 0.0344. The van der Waals surface area contributed by atoms with Crippen molar-refractivity contribution in [3.63, 3.8) is 0 Å². The number of ether oxygens (including phenoxy) is 1. The quantitative estimate of drug-likeness (QED) is 0.296. The lowest BCUT2D eigenvalue weighted by Gasteiger charge is -2.21. The molecule has 0 saturated carbocycles. The summed E-state index contributed by atoms with van der Waals surface area (Å²) in [7, 11) is 4.94. The SMILES string of the molecule is C=CC(CCN(C)C(=O)C(F)(F)F)OC(=O)c1ccnc(CNCC(=O)NC(C)CCN(C)C)c1. The third kappa shape index (κ3) is 11.8. The van der Waals surface area contributed by atoms with E-state index in [-0.39, 0.29) is 43.6 Å². The number of amides is 2. The number of nitrogens with zero attached hydrogens (tertiary/aromatic N) is 3. The lowest BCUT2D eigenvalue weighted by atomic mass is 10.2. The molecular weight excluding hydrogens is 467 g/mol. The van der Waals surface area contributed by atoms with Gasteiger partial charge in [0.25, 0.3) is 0 Å². The standard InChI is InChI=1S/C23H34F3N5O4/c1-6-19(9-12-31(5)22(34)23(24,25)26)35-21(33)17-7-10-28-18(13-17)14-27-15-20(32)29-16(2)8-11-30(3)4/h6-7,10,13,16,19,27H,1,8-9,11-12,14-15H2,2-5H3,(H,29,32). The van der Waals surface area contributed by atoms with Crippen LogP contribution >= 0.6 is 0 Å². The molecule has 0 saturated heterocycles.